The van der Waals surface area contributed by atoms with E-state index in [1.54, 1.807) is 24.3 Å². The fourth-order valence-corrected chi connectivity index (χ4v) is 2.13. The Morgan fingerprint density at radius 2 is 1.68 bits per heavy atom. The number of ketones is 1. The van der Waals surface area contributed by atoms with Crippen LogP contribution in [0.25, 0.3) is 0 Å². The van der Waals surface area contributed by atoms with Crippen LogP contribution in [0.1, 0.15) is 33.2 Å². The molecule has 0 saturated heterocycles. The van der Waals surface area contributed by atoms with Crippen molar-refractivity contribution in [3.63, 3.8) is 0 Å². The maximum atomic E-state index is 12.2. The smallest absolute Gasteiger partial charge is 0.367 e. The van der Waals surface area contributed by atoms with Gasteiger partial charge in [0.05, 0.1) is 12.3 Å². The number of nitrogens with one attached hydrogen (secondary N) is 1. The van der Waals surface area contributed by atoms with Gasteiger partial charge in [0.1, 0.15) is 6.61 Å². The number of hydrogen-bond acceptors (Lipinski definition) is 3. The molecule has 1 N–H and O–H groups in total. The van der Waals surface area contributed by atoms with Crippen LogP contribution in [-0.2, 0) is 11.3 Å². The number of halogens is 3. The first kappa shape index (κ1) is 18.7. The fourth-order valence-electron chi connectivity index (χ4n) is 2.13. The number of carbonyl (C=O) groups is 2. The quantitative estimate of drug-likeness (QED) is 0.793. The summed E-state index contributed by atoms with van der Waals surface area (Å²) >= 11 is 0. The van der Waals surface area contributed by atoms with Gasteiger partial charge in [0.2, 0.25) is 0 Å². The number of carbonyl (C=O) groups excluding carboxylic acids is 2. The number of para-hydroxylation sites is 1. The molecule has 0 aromatic heterocycles. The minimum absolute atomic E-state index is 0.173. The van der Waals surface area contributed by atoms with E-state index in [0.29, 0.717) is 22.4 Å². The van der Waals surface area contributed by atoms with Gasteiger partial charge in [-0.1, -0.05) is 24.3 Å². The summed E-state index contributed by atoms with van der Waals surface area (Å²) in [5.74, 6) is -0.593. The number of anilines is 1. The molecule has 4 nitrogen and oxygen atoms in total. The highest BCUT2D eigenvalue weighted by molar-refractivity contribution is 6.08. The lowest BCUT2D eigenvalue weighted by atomic mass is 10.1. The van der Waals surface area contributed by atoms with E-state index < -0.39 is 18.7 Å². The topological polar surface area (TPSA) is 55.4 Å². The van der Waals surface area contributed by atoms with Crippen molar-refractivity contribution in [1.29, 1.82) is 0 Å². The second-order valence-electron chi connectivity index (χ2n) is 5.36. The summed E-state index contributed by atoms with van der Waals surface area (Å²) in [6.07, 6.45) is -4.37. The van der Waals surface area contributed by atoms with Crippen LogP contribution in [0, 0.1) is 0 Å². The molecule has 0 atom stereocenters. The van der Waals surface area contributed by atoms with Crippen molar-refractivity contribution in [2.75, 3.05) is 11.9 Å². The monoisotopic (exact) mass is 351 g/mol. The van der Waals surface area contributed by atoms with Crippen LogP contribution in [0.4, 0.5) is 18.9 Å². The average Bonchev–Trinajstić information content (AvgIpc) is 2.54. The molecule has 132 valence electrons. The molecule has 0 aliphatic carbocycles. The molecule has 2 aromatic carbocycles. The summed E-state index contributed by atoms with van der Waals surface area (Å²) < 4.78 is 40.6. The summed E-state index contributed by atoms with van der Waals surface area (Å²) in [5.41, 5.74) is 1.63. The largest absolute Gasteiger partial charge is 0.411 e. The molecule has 0 unspecified atom stereocenters. The van der Waals surface area contributed by atoms with E-state index in [1.807, 2.05) is 0 Å². The summed E-state index contributed by atoms with van der Waals surface area (Å²) in [6.45, 7) is -0.119. The number of alkyl halides is 3. The van der Waals surface area contributed by atoms with Crippen LogP contribution in [0.3, 0.4) is 0 Å². The minimum Gasteiger partial charge on any atom is -0.367 e. The van der Waals surface area contributed by atoms with Crippen LogP contribution in [0.5, 0.6) is 0 Å². The Morgan fingerprint density at radius 3 is 2.28 bits per heavy atom. The van der Waals surface area contributed by atoms with Crippen molar-refractivity contribution in [3.8, 4) is 0 Å². The van der Waals surface area contributed by atoms with E-state index >= 15 is 0 Å². The maximum absolute atomic E-state index is 12.2. The molecule has 25 heavy (non-hydrogen) atoms. The third-order valence-corrected chi connectivity index (χ3v) is 3.31. The second kappa shape index (κ2) is 7.94. The summed E-state index contributed by atoms with van der Waals surface area (Å²) in [5, 5.41) is 2.65. The highest BCUT2D eigenvalue weighted by atomic mass is 19.4. The molecule has 2 aromatic rings. The summed E-state index contributed by atoms with van der Waals surface area (Å²) in [4.78, 5) is 23.8. The van der Waals surface area contributed by atoms with Gasteiger partial charge in [-0.05, 0) is 36.8 Å². The molecule has 0 heterocycles. The minimum atomic E-state index is -4.37. The van der Waals surface area contributed by atoms with Crippen molar-refractivity contribution < 1.29 is 27.5 Å². The number of benzene rings is 2. The lowest BCUT2D eigenvalue weighted by Crippen LogP contribution is -2.17. The van der Waals surface area contributed by atoms with Crippen LogP contribution in [0.15, 0.2) is 48.5 Å². The molecule has 0 bridgehead atoms. The highest BCUT2D eigenvalue weighted by Gasteiger charge is 2.27. The van der Waals surface area contributed by atoms with E-state index in [0.717, 1.165) is 0 Å². The van der Waals surface area contributed by atoms with Gasteiger partial charge in [-0.25, -0.2) is 0 Å². The Kier molecular flexibility index (Phi) is 5.93. The second-order valence-corrected chi connectivity index (χ2v) is 5.36. The molecule has 2 rings (SSSR count). The lowest BCUT2D eigenvalue weighted by molar-refractivity contribution is -0.176. The first-order valence-electron chi connectivity index (χ1n) is 7.41. The molecule has 0 aliphatic rings. The Balaban J connectivity index is 2.00. The van der Waals surface area contributed by atoms with Gasteiger partial charge in [-0.15, -0.1) is 0 Å². The van der Waals surface area contributed by atoms with Crippen molar-refractivity contribution >= 4 is 17.4 Å². The van der Waals surface area contributed by atoms with Crippen molar-refractivity contribution in [1.82, 2.24) is 0 Å². The van der Waals surface area contributed by atoms with Crippen molar-refractivity contribution in [2.45, 2.75) is 19.7 Å². The lowest BCUT2D eigenvalue weighted by Gasteiger charge is -2.10. The van der Waals surface area contributed by atoms with Crippen molar-refractivity contribution in [2.24, 2.45) is 0 Å². The van der Waals surface area contributed by atoms with E-state index in [-0.39, 0.29) is 12.4 Å². The van der Waals surface area contributed by atoms with Crippen molar-refractivity contribution in [3.05, 3.63) is 65.2 Å². The molecule has 0 saturated carbocycles. The number of ether oxygens (including phenoxy) is 1. The summed E-state index contributed by atoms with van der Waals surface area (Å²) in [7, 11) is 0. The predicted octanol–water partition coefficient (Wildman–Crippen LogP) is 4.22. The van der Waals surface area contributed by atoms with Gasteiger partial charge in [0, 0.05) is 11.1 Å². The molecule has 1 amide bonds. The Bertz CT molecular complexity index is 755. The molecule has 0 fully saturated rings. The van der Waals surface area contributed by atoms with E-state index in [2.05, 4.69) is 10.1 Å². The van der Waals surface area contributed by atoms with Gasteiger partial charge in [0.15, 0.2) is 5.78 Å². The zero-order chi connectivity index (χ0) is 18.4. The normalized spacial score (nSPS) is 11.2. The van der Waals surface area contributed by atoms with Crippen LogP contribution in [0.2, 0.25) is 0 Å². The van der Waals surface area contributed by atoms with Crippen LogP contribution >= 0.6 is 0 Å². The van der Waals surface area contributed by atoms with E-state index in [9.17, 15) is 22.8 Å². The Labute approximate surface area is 142 Å². The molecular weight excluding hydrogens is 335 g/mol. The molecule has 0 radical (unpaired) electrons. The Hall–Kier alpha value is -2.67. The summed E-state index contributed by atoms with van der Waals surface area (Å²) in [6, 6.07) is 12.6. The molecule has 7 heteroatoms. The average molecular weight is 351 g/mol. The molecule has 0 spiro atoms. The molecule has 0 aliphatic heterocycles. The number of hydrogen-bond donors (Lipinski definition) is 1. The van der Waals surface area contributed by atoms with Gasteiger partial charge in [-0.2, -0.15) is 13.2 Å². The van der Waals surface area contributed by atoms with Crippen LogP contribution in [-0.4, -0.2) is 24.5 Å². The highest BCUT2D eigenvalue weighted by Crippen LogP contribution is 2.18. The number of rotatable bonds is 6. The molecular formula is C18H16F3NO3. The third-order valence-electron chi connectivity index (χ3n) is 3.31. The van der Waals surface area contributed by atoms with Gasteiger partial charge >= 0.3 is 6.18 Å². The zero-order valence-electron chi connectivity index (χ0n) is 13.4. The first-order chi connectivity index (χ1) is 11.8. The van der Waals surface area contributed by atoms with Crippen LogP contribution < -0.4 is 5.32 Å². The third kappa shape index (κ3) is 5.72. The maximum Gasteiger partial charge on any atom is 0.411 e. The van der Waals surface area contributed by atoms with Gasteiger partial charge < -0.3 is 10.1 Å². The van der Waals surface area contributed by atoms with E-state index in [4.69, 9.17) is 0 Å². The fraction of sp³-hybridized carbons (Fsp3) is 0.222. The predicted molar refractivity (Wildman–Crippen MR) is 86.6 cm³/mol. The number of amides is 1. The Morgan fingerprint density at radius 1 is 1.04 bits per heavy atom. The van der Waals surface area contributed by atoms with Gasteiger partial charge in [-0.3, -0.25) is 9.59 Å². The van der Waals surface area contributed by atoms with Gasteiger partial charge in [0.25, 0.3) is 5.91 Å². The SMILES string of the molecule is CC(=O)c1ccccc1NC(=O)c1ccc(COCC(F)(F)F)cc1. The number of Topliss-reactive ketones (excluding diaryl/α,β-unsaturated/α-hetero) is 1. The zero-order valence-corrected chi connectivity index (χ0v) is 13.4. The van der Waals surface area contributed by atoms with E-state index in [1.165, 1.54) is 31.2 Å². The standard InChI is InChI=1S/C18H16F3NO3/c1-12(23)15-4-2-3-5-16(15)22-17(24)14-8-6-13(7-9-14)10-25-11-18(19,20)21/h2-9H,10-11H2,1H3,(H,22,24). The first-order valence-corrected chi connectivity index (χ1v) is 7.41.